The molecule has 0 aliphatic carbocycles. The van der Waals surface area contributed by atoms with Gasteiger partial charge in [0.2, 0.25) is 5.91 Å². The zero-order valence-corrected chi connectivity index (χ0v) is 13.3. The van der Waals surface area contributed by atoms with Crippen molar-refractivity contribution >= 4 is 18.3 Å². The molecule has 1 aliphatic heterocycles. The monoisotopic (exact) mass is 352 g/mol. The Morgan fingerprint density at radius 1 is 1.22 bits per heavy atom. The molecule has 2 N–H and O–H groups in total. The Hall–Kier alpha value is -1.47. The van der Waals surface area contributed by atoms with E-state index in [-0.39, 0.29) is 30.0 Å². The molecular formula is C15H20ClF3N2O2. The smallest absolute Gasteiger partial charge is 0.406 e. The van der Waals surface area contributed by atoms with E-state index in [2.05, 4.69) is 15.4 Å². The summed E-state index contributed by atoms with van der Waals surface area (Å²) in [6, 6.07) is 5.68. The van der Waals surface area contributed by atoms with Gasteiger partial charge in [0.1, 0.15) is 5.75 Å². The number of piperidine rings is 1. The van der Waals surface area contributed by atoms with Crippen molar-refractivity contribution in [3.63, 3.8) is 0 Å². The molecule has 0 aromatic heterocycles. The molecule has 1 aliphatic rings. The van der Waals surface area contributed by atoms with Gasteiger partial charge in [0.25, 0.3) is 0 Å². The lowest BCUT2D eigenvalue weighted by atomic mass is 9.97. The minimum atomic E-state index is -4.68. The van der Waals surface area contributed by atoms with Crippen molar-refractivity contribution in [2.45, 2.75) is 25.6 Å². The highest BCUT2D eigenvalue weighted by atomic mass is 35.5. The van der Waals surface area contributed by atoms with Crippen LogP contribution in [-0.2, 0) is 11.2 Å². The van der Waals surface area contributed by atoms with E-state index in [0.717, 1.165) is 31.5 Å². The van der Waals surface area contributed by atoms with Gasteiger partial charge in [-0.05, 0) is 50.0 Å². The first-order chi connectivity index (χ1) is 10.4. The maximum atomic E-state index is 12.0. The van der Waals surface area contributed by atoms with Crippen LogP contribution < -0.4 is 15.4 Å². The third-order valence-electron chi connectivity index (χ3n) is 3.58. The molecule has 8 heteroatoms. The molecule has 0 spiro atoms. The van der Waals surface area contributed by atoms with E-state index in [4.69, 9.17) is 0 Å². The number of rotatable bonds is 5. The van der Waals surface area contributed by atoms with Gasteiger partial charge >= 0.3 is 6.36 Å². The zero-order chi connectivity index (χ0) is 16.0. The quantitative estimate of drug-likeness (QED) is 0.856. The SMILES string of the molecule is Cl.O=C(NCCc1ccc(OC(F)(F)F)cc1)C1CCNCC1. The maximum absolute atomic E-state index is 12.0. The molecule has 1 fully saturated rings. The van der Waals surface area contributed by atoms with Crippen LogP contribution in [0.5, 0.6) is 5.75 Å². The number of ether oxygens (including phenoxy) is 1. The molecule has 1 saturated heterocycles. The lowest BCUT2D eigenvalue weighted by Crippen LogP contribution is -2.38. The number of halogens is 4. The normalized spacial score (nSPS) is 15.6. The summed E-state index contributed by atoms with van der Waals surface area (Å²) in [7, 11) is 0. The second kappa shape index (κ2) is 8.98. The van der Waals surface area contributed by atoms with Gasteiger partial charge < -0.3 is 15.4 Å². The third-order valence-corrected chi connectivity index (χ3v) is 3.58. The molecule has 130 valence electrons. The van der Waals surface area contributed by atoms with E-state index < -0.39 is 6.36 Å². The summed E-state index contributed by atoms with van der Waals surface area (Å²) in [5.41, 5.74) is 0.847. The Labute approximate surface area is 139 Å². The lowest BCUT2D eigenvalue weighted by Gasteiger charge is -2.21. The van der Waals surface area contributed by atoms with E-state index in [1.165, 1.54) is 12.1 Å². The highest BCUT2D eigenvalue weighted by Gasteiger charge is 2.30. The Balaban J connectivity index is 0.00000264. The predicted octanol–water partition coefficient (Wildman–Crippen LogP) is 2.67. The molecule has 0 radical (unpaired) electrons. The average Bonchev–Trinajstić information content (AvgIpc) is 2.48. The fraction of sp³-hybridized carbons (Fsp3) is 0.533. The minimum Gasteiger partial charge on any atom is -0.406 e. The van der Waals surface area contributed by atoms with E-state index in [1.54, 1.807) is 12.1 Å². The number of nitrogens with one attached hydrogen (secondary N) is 2. The van der Waals surface area contributed by atoms with Crippen LogP contribution in [-0.4, -0.2) is 31.9 Å². The minimum absolute atomic E-state index is 0. The summed E-state index contributed by atoms with van der Waals surface area (Å²) in [6.07, 6.45) is -2.42. The second-order valence-electron chi connectivity index (χ2n) is 5.26. The molecule has 0 unspecified atom stereocenters. The number of hydrogen-bond acceptors (Lipinski definition) is 3. The van der Waals surface area contributed by atoms with E-state index in [9.17, 15) is 18.0 Å². The van der Waals surface area contributed by atoms with Crippen molar-refractivity contribution in [1.29, 1.82) is 0 Å². The fourth-order valence-corrected chi connectivity index (χ4v) is 2.42. The molecule has 0 saturated carbocycles. The van der Waals surface area contributed by atoms with Crippen molar-refractivity contribution in [3.05, 3.63) is 29.8 Å². The standard InChI is InChI=1S/C15H19F3N2O2.ClH/c16-15(17,18)22-13-3-1-11(2-4-13)5-10-20-14(21)12-6-8-19-9-7-12;/h1-4,12,19H,5-10H2,(H,20,21);1H. The number of amides is 1. The van der Waals surface area contributed by atoms with Crippen LogP contribution in [0.15, 0.2) is 24.3 Å². The van der Waals surface area contributed by atoms with Crippen LogP contribution in [0.1, 0.15) is 18.4 Å². The van der Waals surface area contributed by atoms with Crippen LogP contribution in [0.3, 0.4) is 0 Å². The first kappa shape index (κ1) is 19.6. The highest BCUT2D eigenvalue weighted by Crippen LogP contribution is 2.22. The summed E-state index contributed by atoms with van der Waals surface area (Å²) in [4.78, 5) is 11.9. The van der Waals surface area contributed by atoms with Gasteiger partial charge in [-0.25, -0.2) is 0 Å². The molecule has 4 nitrogen and oxygen atoms in total. The van der Waals surface area contributed by atoms with Crippen LogP contribution in [0.25, 0.3) is 0 Å². The molecule has 0 bridgehead atoms. The molecule has 23 heavy (non-hydrogen) atoms. The van der Waals surface area contributed by atoms with Crippen LogP contribution in [0.4, 0.5) is 13.2 Å². The second-order valence-corrected chi connectivity index (χ2v) is 5.26. The number of carbonyl (C=O) groups is 1. The topological polar surface area (TPSA) is 50.4 Å². The molecule has 0 atom stereocenters. The van der Waals surface area contributed by atoms with Crippen LogP contribution in [0.2, 0.25) is 0 Å². The first-order valence-corrected chi connectivity index (χ1v) is 7.27. The summed E-state index contributed by atoms with van der Waals surface area (Å²) >= 11 is 0. The largest absolute Gasteiger partial charge is 0.573 e. The third kappa shape index (κ3) is 7.09. The molecule has 1 aromatic carbocycles. The van der Waals surface area contributed by atoms with Gasteiger partial charge in [0.05, 0.1) is 0 Å². The predicted molar refractivity (Wildman–Crippen MR) is 82.7 cm³/mol. The zero-order valence-electron chi connectivity index (χ0n) is 12.5. The highest BCUT2D eigenvalue weighted by molar-refractivity contribution is 5.85. The van der Waals surface area contributed by atoms with Gasteiger partial charge in [-0.15, -0.1) is 25.6 Å². The summed E-state index contributed by atoms with van der Waals surface area (Å²) in [5, 5.41) is 6.08. The van der Waals surface area contributed by atoms with Crippen molar-refractivity contribution < 1.29 is 22.7 Å². The number of carbonyl (C=O) groups excluding carboxylic acids is 1. The molecule has 1 heterocycles. The van der Waals surface area contributed by atoms with Crippen LogP contribution in [0, 0.1) is 5.92 Å². The van der Waals surface area contributed by atoms with Gasteiger partial charge in [-0.2, -0.15) is 0 Å². The molecule has 2 rings (SSSR count). The maximum Gasteiger partial charge on any atom is 0.573 e. The average molecular weight is 353 g/mol. The van der Waals surface area contributed by atoms with Crippen molar-refractivity contribution in [3.8, 4) is 5.75 Å². The van der Waals surface area contributed by atoms with E-state index in [0.29, 0.717) is 13.0 Å². The van der Waals surface area contributed by atoms with Gasteiger partial charge in [0.15, 0.2) is 0 Å². The Bertz CT molecular complexity index is 488. The van der Waals surface area contributed by atoms with E-state index in [1.807, 2.05) is 0 Å². The van der Waals surface area contributed by atoms with E-state index >= 15 is 0 Å². The van der Waals surface area contributed by atoms with Crippen molar-refractivity contribution in [2.75, 3.05) is 19.6 Å². The fourth-order valence-electron chi connectivity index (χ4n) is 2.42. The van der Waals surface area contributed by atoms with Crippen LogP contribution >= 0.6 is 12.4 Å². The molecule has 1 amide bonds. The Morgan fingerprint density at radius 3 is 2.39 bits per heavy atom. The molecule has 1 aromatic rings. The number of benzene rings is 1. The van der Waals surface area contributed by atoms with Gasteiger partial charge in [-0.1, -0.05) is 12.1 Å². The number of alkyl halides is 3. The summed E-state index contributed by atoms with van der Waals surface area (Å²) in [6.45, 7) is 2.19. The van der Waals surface area contributed by atoms with Crippen molar-refractivity contribution in [2.24, 2.45) is 5.92 Å². The van der Waals surface area contributed by atoms with Gasteiger partial charge in [-0.3, -0.25) is 4.79 Å². The number of hydrogen-bond donors (Lipinski definition) is 2. The summed E-state index contributed by atoms with van der Waals surface area (Å²) in [5.74, 6) is -0.127. The lowest BCUT2D eigenvalue weighted by molar-refractivity contribution is -0.274. The summed E-state index contributed by atoms with van der Waals surface area (Å²) < 4.78 is 39.9. The van der Waals surface area contributed by atoms with Crippen molar-refractivity contribution in [1.82, 2.24) is 10.6 Å². The first-order valence-electron chi connectivity index (χ1n) is 7.27. The van der Waals surface area contributed by atoms with Gasteiger partial charge in [0, 0.05) is 12.5 Å². The Kier molecular flexibility index (Phi) is 7.64. The molecular weight excluding hydrogens is 333 g/mol. The Morgan fingerprint density at radius 2 is 1.83 bits per heavy atom.